The number of ether oxygens (including phenoxy) is 1. The number of fused-ring (bicyclic) bond motifs is 1. The Bertz CT molecular complexity index is 1000. The molecular weight excluding hydrogens is 332 g/mol. The quantitative estimate of drug-likeness (QED) is 0.735. The number of furan rings is 1. The Balaban J connectivity index is 1.99. The maximum atomic E-state index is 12.8. The van der Waals surface area contributed by atoms with Crippen LogP contribution in [-0.4, -0.2) is 18.9 Å². The molecule has 2 N–H and O–H groups in total. The summed E-state index contributed by atoms with van der Waals surface area (Å²) in [7, 11) is 1.53. The van der Waals surface area contributed by atoms with Crippen LogP contribution in [0.1, 0.15) is 28.6 Å². The highest BCUT2D eigenvalue weighted by Gasteiger charge is 2.20. The van der Waals surface area contributed by atoms with Crippen molar-refractivity contribution in [3.63, 3.8) is 0 Å². The van der Waals surface area contributed by atoms with E-state index < -0.39 is 5.91 Å². The van der Waals surface area contributed by atoms with E-state index in [0.29, 0.717) is 22.7 Å². The number of benzene rings is 2. The maximum absolute atomic E-state index is 12.8. The number of anilines is 2. The molecule has 0 aliphatic rings. The molecular formula is C20H20N2O4. The second-order valence-electron chi connectivity index (χ2n) is 6.05. The molecule has 0 aliphatic heterocycles. The summed E-state index contributed by atoms with van der Waals surface area (Å²) in [5.41, 5.74) is 3.34. The molecule has 0 bridgehead atoms. The second-order valence-corrected chi connectivity index (χ2v) is 6.05. The van der Waals surface area contributed by atoms with Crippen LogP contribution in [0.15, 0.2) is 40.8 Å². The van der Waals surface area contributed by atoms with Gasteiger partial charge in [0.1, 0.15) is 11.3 Å². The molecule has 0 spiro atoms. The summed E-state index contributed by atoms with van der Waals surface area (Å²) >= 11 is 0. The molecule has 0 saturated carbocycles. The van der Waals surface area contributed by atoms with E-state index in [2.05, 4.69) is 10.6 Å². The summed E-state index contributed by atoms with van der Waals surface area (Å²) in [6.07, 6.45) is 0. The van der Waals surface area contributed by atoms with E-state index in [9.17, 15) is 9.59 Å². The third-order valence-corrected chi connectivity index (χ3v) is 4.15. The van der Waals surface area contributed by atoms with Crippen LogP contribution in [0.4, 0.5) is 11.4 Å². The van der Waals surface area contributed by atoms with Crippen molar-refractivity contribution in [2.75, 3.05) is 17.7 Å². The fourth-order valence-electron chi connectivity index (χ4n) is 2.83. The molecule has 0 aliphatic carbocycles. The number of hydrogen-bond acceptors (Lipinski definition) is 4. The van der Waals surface area contributed by atoms with Gasteiger partial charge in [-0.1, -0.05) is 18.2 Å². The molecule has 1 heterocycles. The number of amides is 2. The van der Waals surface area contributed by atoms with Gasteiger partial charge >= 0.3 is 0 Å². The summed E-state index contributed by atoms with van der Waals surface area (Å²) in [6, 6.07) is 10.8. The number of carbonyl (C=O) groups excluding carboxylic acids is 2. The van der Waals surface area contributed by atoms with E-state index in [-0.39, 0.29) is 11.7 Å². The molecule has 0 saturated heterocycles. The zero-order chi connectivity index (χ0) is 18.8. The van der Waals surface area contributed by atoms with E-state index in [4.69, 9.17) is 9.15 Å². The summed E-state index contributed by atoms with van der Waals surface area (Å²) in [5.74, 6) is 0.177. The molecule has 0 radical (unpaired) electrons. The molecule has 0 fully saturated rings. The van der Waals surface area contributed by atoms with E-state index in [1.54, 1.807) is 18.2 Å². The zero-order valence-electron chi connectivity index (χ0n) is 15.1. The summed E-state index contributed by atoms with van der Waals surface area (Å²) in [6.45, 7) is 5.19. The average Bonchev–Trinajstić information content (AvgIpc) is 2.94. The number of methoxy groups -OCH3 is 1. The van der Waals surface area contributed by atoms with Crippen molar-refractivity contribution in [3.8, 4) is 5.75 Å². The van der Waals surface area contributed by atoms with Crippen LogP contribution in [0.25, 0.3) is 11.0 Å². The lowest BCUT2D eigenvalue weighted by Crippen LogP contribution is -2.15. The van der Waals surface area contributed by atoms with Crippen molar-refractivity contribution >= 4 is 34.2 Å². The van der Waals surface area contributed by atoms with Crippen LogP contribution in [0.3, 0.4) is 0 Å². The highest BCUT2D eigenvalue weighted by atomic mass is 16.5. The lowest BCUT2D eigenvalue weighted by Gasteiger charge is -2.12. The SMILES string of the molecule is COc1ccc(NC(C)=O)c(NC(=O)c2oc3c(C)cccc3c2C)c1. The number of hydrogen-bond donors (Lipinski definition) is 2. The lowest BCUT2D eigenvalue weighted by molar-refractivity contribution is -0.114. The molecule has 6 nitrogen and oxygen atoms in total. The van der Waals surface area contributed by atoms with Crippen molar-refractivity contribution in [2.24, 2.45) is 0 Å². The monoisotopic (exact) mass is 352 g/mol. The largest absolute Gasteiger partial charge is 0.497 e. The van der Waals surface area contributed by atoms with E-state index in [1.807, 2.05) is 32.0 Å². The van der Waals surface area contributed by atoms with Gasteiger partial charge in [0.05, 0.1) is 18.5 Å². The van der Waals surface area contributed by atoms with E-state index >= 15 is 0 Å². The van der Waals surface area contributed by atoms with Gasteiger partial charge in [-0.25, -0.2) is 0 Å². The minimum absolute atomic E-state index is 0.235. The average molecular weight is 352 g/mol. The molecule has 2 amide bonds. The molecule has 1 aromatic heterocycles. The first-order valence-corrected chi connectivity index (χ1v) is 8.16. The first-order valence-electron chi connectivity index (χ1n) is 8.16. The minimum Gasteiger partial charge on any atom is -0.497 e. The van der Waals surface area contributed by atoms with Crippen LogP contribution < -0.4 is 15.4 Å². The number of nitrogens with one attached hydrogen (secondary N) is 2. The van der Waals surface area contributed by atoms with E-state index in [1.165, 1.54) is 14.0 Å². The Labute approximate surface area is 151 Å². The van der Waals surface area contributed by atoms with Crippen LogP contribution in [0.5, 0.6) is 5.75 Å². The minimum atomic E-state index is -0.391. The Kier molecular flexibility index (Phi) is 4.67. The Hall–Kier alpha value is -3.28. The normalized spacial score (nSPS) is 10.6. The van der Waals surface area contributed by atoms with Crippen molar-refractivity contribution < 1.29 is 18.7 Å². The van der Waals surface area contributed by atoms with Gasteiger partial charge in [0.2, 0.25) is 5.91 Å². The second kappa shape index (κ2) is 6.92. The highest BCUT2D eigenvalue weighted by Crippen LogP contribution is 2.31. The fraction of sp³-hybridized carbons (Fsp3) is 0.200. The molecule has 0 atom stereocenters. The lowest BCUT2D eigenvalue weighted by atomic mass is 10.1. The first kappa shape index (κ1) is 17.5. The molecule has 2 aromatic carbocycles. The van der Waals surface area contributed by atoms with Crippen molar-refractivity contribution in [1.29, 1.82) is 0 Å². The Morgan fingerprint density at radius 3 is 2.46 bits per heavy atom. The molecule has 3 aromatic rings. The smallest absolute Gasteiger partial charge is 0.291 e. The highest BCUT2D eigenvalue weighted by molar-refractivity contribution is 6.09. The zero-order valence-corrected chi connectivity index (χ0v) is 15.1. The fourth-order valence-corrected chi connectivity index (χ4v) is 2.83. The number of rotatable bonds is 4. The number of para-hydroxylation sites is 1. The molecule has 134 valence electrons. The Morgan fingerprint density at radius 1 is 1.04 bits per heavy atom. The van der Waals surface area contributed by atoms with E-state index in [0.717, 1.165) is 16.5 Å². The van der Waals surface area contributed by atoms with Gasteiger partial charge in [0, 0.05) is 23.9 Å². The van der Waals surface area contributed by atoms with Gasteiger partial charge in [-0.2, -0.15) is 0 Å². The molecule has 0 unspecified atom stereocenters. The molecule has 6 heteroatoms. The predicted molar refractivity (Wildman–Crippen MR) is 101 cm³/mol. The summed E-state index contributed by atoms with van der Waals surface area (Å²) in [4.78, 5) is 24.2. The predicted octanol–water partition coefficient (Wildman–Crippen LogP) is 4.27. The van der Waals surface area contributed by atoms with Gasteiger partial charge in [-0.05, 0) is 31.5 Å². The van der Waals surface area contributed by atoms with Crippen LogP contribution in [0.2, 0.25) is 0 Å². The molecule has 26 heavy (non-hydrogen) atoms. The van der Waals surface area contributed by atoms with Crippen molar-refractivity contribution in [2.45, 2.75) is 20.8 Å². The Morgan fingerprint density at radius 2 is 1.81 bits per heavy atom. The maximum Gasteiger partial charge on any atom is 0.291 e. The van der Waals surface area contributed by atoms with Crippen LogP contribution >= 0.6 is 0 Å². The van der Waals surface area contributed by atoms with Gasteiger partial charge in [0.15, 0.2) is 5.76 Å². The topological polar surface area (TPSA) is 80.6 Å². The molecule has 3 rings (SSSR count). The van der Waals surface area contributed by atoms with Crippen LogP contribution in [0, 0.1) is 13.8 Å². The van der Waals surface area contributed by atoms with Crippen molar-refractivity contribution in [3.05, 3.63) is 53.3 Å². The summed E-state index contributed by atoms with van der Waals surface area (Å²) < 4.78 is 11.0. The van der Waals surface area contributed by atoms with Gasteiger partial charge < -0.3 is 19.8 Å². The van der Waals surface area contributed by atoms with Gasteiger partial charge in [0.25, 0.3) is 5.91 Å². The third kappa shape index (κ3) is 3.26. The number of aryl methyl sites for hydroxylation is 2. The standard InChI is InChI=1S/C20H20N2O4/c1-11-6-5-7-15-12(2)19(26-18(11)15)20(24)22-17-10-14(25-4)8-9-16(17)21-13(3)23/h5-10H,1-4H3,(H,21,23)(H,22,24). The first-order chi connectivity index (χ1) is 12.4. The van der Waals surface area contributed by atoms with Crippen molar-refractivity contribution in [1.82, 2.24) is 0 Å². The number of carbonyl (C=O) groups is 2. The third-order valence-electron chi connectivity index (χ3n) is 4.15. The van der Waals surface area contributed by atoms with Crippen LogP contribution in [-0.2, 0) is 4.79 Å². The van der Waals surface area contributed by atoms with Gasteiger partial charge in [-0.15, -0.1) is 0 Å². The summed E-state index contributed by atoms with van der Waals surface area (Å²) in [5, 5.41) is 6.40. The van der Waals surface area contributed by atoms with Gasteiger partial charge in [-0.3, -0.25) is 9.59 Å².